The van der Waals surface area contributed by atoms with E-state index in [0.717, 1.165) is 5.69 Å². The normalized spacial score (nSPS) is 9.85. The molecule has 0 atom stereocenters. The SMILES string of the molecule is CC(=O)c1c(Cl)cccc1N(C)C. The van der Waals surface area contributed by atoms with Crippen molar-refractivity contribution < 1.29 is 4.79 Å². The predicted octanol–water partition coefficient (Wildman–Crippen LogP) is 2.61. The first kappa shape index (κ1) is 10.1. The highest BCUT2D eigenvalue weighted by atomic mass is 35.5. The molecule has 3 heteroatoms. The van der Waals surface area contributed by atoms with Crippen molar-refractivity contribution in [1.82, 2.24) is 0 Å². The summed E-state index contributed by atoms with van der Waals surface area (Å²) in [5.41, 5.74) is 1.45. The van der Waals surface area contributed by atoms with Gasteiger partial charge in [-0.25, -0.2) is 0 Å². The van der Waals surface area contributed by atoms with Gasteiger partial charge in [-0.3, -0.25) is 4.79 Å². The molecule has 0 saturated heterocycles. The summed E-state index contributed by atoms with van der Waals surface area (Å²) >= 11 is 5.92. The number of anilines is 1. The van der Waals surface area contributed by atoms with Gasteiger partial charge in [0.2, 0.25) is 0 Å². The number of rotatable bonds is 2. The zero-order valence-corrected chi connectivity index (χ0v) is 8.72. The molecule has 70 valence electrons. The lowest BCUT2D eigenvalue weighted by atomic mass is 10.1. The van der Waals surface area contributed by atoms with Crippen LogP contribution in [0.15, 0.2) is 18.2 Å². The summed E-state index contributed by atoms with van der Waals surface area (Å²) in [4.78, 5) is 13.2. The van der Waals surface area contributed by atoms with Crippen LogP contribution in [0, 0.1) is 0 Å². The summed E-state index contributed by atoms with van der Waals surface area (Å²) in [5.74, 6) is -0.00528. The molecule has 0 spiro atoms. The number of hydrogen-bond acceptors (Lipinski definition) is 2. The standard InChI is InChI=1S/C10H12ClNO/c1-7(13)10-8(11)5-4-6-9(10)12(2)3/h4-6H,1-3H3. The van der Waals surface area contributed by atoms with Gasteiger partial charge in [0.15, 0.2) is 5.78 Å². The molecule has 0 aliphatic carbocycles. The number of carbonyl (C=O) groups is 1. The molecule has 0 radical (unpaired) electrons. The largest absolute Gasteiger partial charge is 0.377 e. The Morgan fingerprint density at radius 1 is 1.38 bits per heavy atom. The molecule has 0 heterocycles. The van der Waals surface area contributed by atoms with Crippen molar-refractivity contribution in [3.63, 3.8) is 0 Å². The van der Waals surface area contributed by atoms with Crippen LogP contribution in [-0.2, 0) is 0 Å². The quantitative estimate of drug-likeness (QED) is 0.680. The summed E-state index contributed by atoms with van der Waals surface area (Å²) < 4.78 is 0. The molecule has 1 aromatic rings. The van der Waals surface area contributed by atoms with Crippen molar-refractivity contribution in [3.05, 3.63) is 28.8 Å². The fraction of sp³-hybridized carbons (Fsp3) is 0.300. The Labute approximate surface area is 83.1 Å². The zero-order valence-electron chi connectivity index (χ0n) is 7.97. The highest BCUT2D eigenvalue weighted by Crippen LogP contribution is 2.26. The van der Waals surface area contributed by atoms with Gasteiger partial charge in [-0.2, -0.15) is 0 Å². The molecular weight excluding hydrogens is 186 g/mol. The summed E-state index contributed by atoms with van der Waals surface area (Å²) in [5, 5.41) is 0.513. The molecule has 0 fully saturated rings. The first-order valence-corrected chi connectivity index (χ1v) is 4.38. The minimum absolute atomic E-state index is 0.00528. The summed E-state index contributed by atoms with van der Waals surface area (Å²) in [7, 11) is 3.77. The maximum absolute atomic E-state index is 11.3. The number of ketones is 1. The third kappa shape index (κ3) is 2.01. The van der Waals surface area contributed by atoms with Crippen molar-refractivity contribution in [2.45, 2.75) is 6.92 Å². The Morgan fingerprint density at radius 2 is 2.00 bits per heavy atom. The minimum atomic E-state index is -0.00528. The van der Waals surface area contributed by atoms with Crippen LogP contribution < -0.4 is 4.90 Å². The van der Waals surface area contributed by atoms with Crippen LogP contribution in [0.1, 0.15) is 17.3 Å². The number of nitrogens with zero attached hydrogens (tertiary/aromatic N) is 1. The Morgan fingerprint density at radius 3 is 2.38 bits per heavy atom. The molecule has 2 nitrogen and oxygen atoms in total. The van der Waals surface area contributed by atoms with Crippen molar-refractivity contribution in [1.29, 1.82) is 0 Å². The maximum atomic E-state index is 11.3. The number of Topliss-reactive ketones (excluding diaryl/α,β-unsaturated/α-hetero) is 1. The van der Waals surface area contributed by atoms with Crippen LogP contribution in [-0.4, -0.2) is 19.9 Å². The Bertz CT molecular complexity index is 334. The van der Waals surface area contributed by atoms with E-state index >= 15 is 0 Å². The van der Waals surface area contributed by atoms with Crippen LogP contribution >= 0.6 is 11.6 Å². The number of hydrogen-bond donors (Lipinski definition) is 0. The highest BCUT2D eigenvalue weighted by molar-refractivity contribution is 6.34. The van der Waals surface area contributed by atoms with Gasteiger partial charge in [0, 0.05) is 19.8 Å². The van der Waals surface area contributed by atoms with E-state index in [1.807, 2.05) is 31.1 Å². The van der Waals surface area contributed by atoms with Crippen molar-refractivity contribution in [3.8, 4) is 0 Å². The van der Waals surface area contributed by atoms with E-state index in [-0.39, 0.29) is 5.78 Å². The van der Waals surface area contributed by atoms with Crippen molar-refractivity contribution in [2.75, 3.05) is 19.0 Å². The van der Waals surface area contributed by atoms with Gasteiger partial charge in [0.05, 0.1) is 10.6 Å². The fourth-order valence-corrected chi connectivity index (χ4v) is 1.54. The lowest BCUT2D eigenvalue weighted by Gasteiger charge is -2.16. The fourth-order valence-electron chi connectivity index (χ4n) is 1.23. The van der Waals surface area contributed by atoms with Gasteiger partial charge in [-0.15, -0.1) is 0 Å². The van der Waals surface area contributed by atoms with Gasteiger partial charge in [-0.1, -0.05) is 17.7 Å². The molecule has 0 amide bonds. The van der Waals surface area contributed by atoms with E-state index in [1.165, 1.54) is 6.92 Å². The molecule has 0 aliphatic heterocycles. The van der Waals surface area contributed by atoms with E-state index in [4.69, 9.17) is 11.6 Å². The van der Waals surface area contributed by atoms with Crippen LogP contribution in [0.3, 0.4) is 0 Å². The lowest BCUT2D eigenvalue weighted by Crippen LogP contribution is -2.13. The average molecular weight is 198 g/mol. The average Bonchev–Trinajstić information content (AvgIpc) is 2.02. The Kier molecular flexibility index (Phi) is 2.94. The van der Waals surface area contributed by atoms with Gasteiger partial charge in [0.1, 0.15) is 0 Å². The van der Waals surface area contributed by atoms with Crippen LogP contribution in [0.4, 0.5) is 5.69 Å². The summed E-state index contributed by atoms with van der Waals surface area (Å²) in [6.07, 6.45) is 0. The Balaban J connectivity index is 3.34. The topological polar surface area (TPSA) is 20.3 Å². The second-order valence-electron chi connectivity index (χ2n) is 3.08. The molecule has 0 aromatic heterocycles. The first-order valence-electron chi connectivity index (χ1n) is 4.01. The van der Waals surface area contributed by atoms with Gasteiger partial charge < -0.3 is 4.90 Å². The monoisotopic (exact) mass is 197 g/mol. The minimum Gasteiger partial charge on any atom is -0.377 e. The lowest BCUT2D eigenvalue weighted by molar-refractivity contribution is 0.101. The van der Waals surface area contributed by atoms with Gasteiger partial charge in [0.25, 0.3) is 0 Å². The smallest absolute Gasteiger partial charge is 0.163 e. The second kappa shape index (κ2) is 3.79. The van der Waals surface area contributed by atoms with Crippen LogP contribution in [0.2, 0.25) is 5.02 Å². The Hall–Kier alpha value is -1.02. The summed E-state index contributed by atoms with van der Waals surface area (Å²) in [6.45, 7) is 1.52. The molecule has 1 aromatic carbocycles. The first-order chi connectivity index (χ1) is 6.04. The molecule has 13 heavy (non-hydrogen) atoms. The molecule has 0 aliphatic rings. The third-order valence-corrected chi connectivity index (χ3v) is 2.14. The van der Waals surface area contributed by atoms with Crippen LogP contribution in [0.25, 0.3) is 0 Å². The van der Waals surface area contributed by atoms with Gasteiger partial charge in [-0.05, 0) is 19.1 Å². The van der Waals surface area contributed by atoms with Crippen molar-refractivity contribution >= 4 is 23.1 Å². The number of halogens is 1. The highest BCUT2D eigenvalue weighted by Gasteiger charge is 2.12. The van der Waals surface area contributed by atoms with Crippen molar-refractivity contribution in [2.24, 2.45) is 0 Å². The van der Waals surface area contributed by atoms with E-state index in [9.17, 15) is 4.79 Å². The van der Waals surface area contributed by atoms with Gasteiger partial charge >= 0.3 is 0 Å². The third-order valence-electron chi connectivity index (χ3n) is 1.83. The molecule has 1 rings (SSSR count). The van der Waals surface area contributed by atoms with E-state index in [1.54, 1.807) is 6.07 Å². The van der Waals surface area contributed by atoms with E-state index < -0.39 is 0 Å². The van der Waals surface area contributed by atoms with E-state index in [2.05, 4.69) is 0 Å². The summed E-state index contributed by atoms with van der Waals surface area (Å²) in [6, 6.07) is 5.44. The number of benzene rings is 1. The zero-order chi connectivity index (χ0) is 10.0. The molecular formula is C10H12ClNO. The van der Waals surface area contributed by atoms with Crippen LogP contribution in [0.5, 0.6) is 0 Å². The number of carbonyl (C=O) groups excluding carboxylic acids is 1. The molecule has 0 unspecified atom stereocenters. The maximum Gasteiger partial charge on any atom is 0.163 e. The molecule has 0 bridgehead atoms. The predicted molar refractivity (Wildman–Crippen MR) is 55.8 cm³/mol. The molecule has 0 saturated carbocycles. The second-order valence-corrected chi connectivity index (χ2v) is 3.49. The molecule has 0 N–H and O–H groups in total. The van der Waals surface area contributed by atoms with E-state index in [0.29, 0.717) is 10.6 Å².